The van der Waals surface area contributed by atoms with Crippen molar-refractivity contribution in [1.82, 2.24) is 15.3 Å². The number of halogens is 2. The lowest BCUT2D eigenvalue weighted by Gasteiger charge is -2.22. The number of benzene rings is 1. The number of carbonyl (C=O) groups is 1. The molecule has 3 rings (SSSR count). The molecule has 24 heavy (non-hydrogen) atoms. The van der Waals surface area contributed by atoms with Crippen molar-refractivity contribution in [2.75, 3.05) is 13.7 Å². The minimum Gasteiger partial charge on any atom is -0.384 e. The van der Waals surface area contributed by atoms with E-state index in [0.29, 0.717) is 24.2 Å². The highest BCUT2D eigenvalue weighted by Crippen LogP contribution is 2.37. The fourth-order valence-electron chi connectivity index (χ4n) is 3.13. The second kappa shape index (κ2) is 6.11. The summed E-state index contributed by atoms with van der Waals surface area (Å²) in [6.07, 6.45) is 1.63. The van der Waals surface area contributed by atoms with Crippen LogP contribution in [0.15, 0.2) is 18.3 Å². The Bertz CT molecular complexity index is 824. The minimum absolute atomic E-state index is 0.0462. The molecule has 1 amide bonds. The Morgan fingerprint density at radius 2 is 2.12 bits per heavy atom. The zero-order valence-electron chi connectivity index (χ0n) is 13.6. The van der Waals surface area contributed by atoms with Gasteiger partial charge in [-0.1, -0.05) is 0 Å². The van der Waals surface area contributed by atoms with E-state index in [4.69, 9.17) is 16.3 Å². The number of methoxy groups -OCH3 is 1. The molecule has 1 aromatic heterocycles. The van der Waals surface area contributed by atoms with Crippen LogP contribution in [-0.4, -0.2) is 29.6 Å². The van der Waals surface area contributed by atoms with Gasteiger partial charge >= 0.3 is 0 Å². The molecule has 1 aliphatic heterocycles. The lowest BCUT2D eigenvalue weighted by molar-refractivity contribution is 0.0940. The lowest BCUT2D eigenvalue weighted by Crippen LogP contribution is -2.33. The van der Waals surface area contributed by atoms with E-state index in [9.17, 15) is 9.18 Å². The summed E-state index contributed by atoms with van der Waals surface area (Å²) in [5, 5.41) is 2.90. The first-order chi connectivity index (χ1) is 11.3. The van der Waals surface area contributed by atoms with E-state index < -0.39 is 11.4 Å². The molecular weight excluding hydrogens is 333 g/mol. The average molecular weight is 350 g/mol. The zero-order chi connectivity index (χ0) is 17.5. The van der Waals surface area contributed by atoms with Crippen molar-refractivity contribution in [3.8, 4) is 11.3 Å². The summed E-state index contributed by atoms with van der Waals surface area (Å²) in [4.78, 5) is 19.9. The molecule has 2 heterocycles. The lowest BCUT2D eigenvalue weighted by atomic mass is 9.86. The Morgan fingerprint density at radius 1 is 1.38 bits per heavy atom. The second-order valence-corrected chi connectivity index (χ2v) is 6.55. The van der Waals surface area contributed by atoms with Gasteiger partial charge in [0.25, 0.3) is 5.91 Å². The van der Waals surface area contributed by atoms with Gasteiger partial charge in [-0.15, -0.1) is 0 Å². The van der Waals surface area contributed by atoms with Crippen molar-refractivity contribution in [3.05, 3.63) is 46.1 Å². The van der Waals surface area contributed by atoms with Gasteiger partial charge in [0, 0.05) is 18.2 Å². The number of aromatic nitrogens is 2. The number of nitrogens with zero attached hydrogens (tertiary/aromatic N) is 2. The largest absolute Gasteiger partial charge is 0.384 e. The molecule has 5 nitrogen and oxygen atoms in total. The zero-order valence-corrected chi connectivity index (χ0v) is 14.4. The van der Waals surface area contributed by atoms with E-state index in [1.54, 1.807) is 13.2 Å². The minimum atomic E-state index is -0.588. The van der Waals surface area contributed by atoms with E-state index in [-0.39, 0.29) is 16.9 Å². The number of carbonyl (C=O) groups excluding carboxylic acids is 1. The van der Waals surface area contributed by atoms with E-state index in [1.807, 2.05) is 19.9 Å². The number of rotatable bonds is 4. The fraction of sp³-hybridized carbons (Fsp3) is 0.353. The highest BCUT2D eigenvalue weighted by molar-refractivity contribution is 6.28. The Morgan fingerprint density at radius 3 is 2.83 bits per heavy atom. The van der Waals surface area contributed by atoms with E-state index in [2.05, 4.69) is 15.3 Å². The summed E-state index contributed by atoms with van der Waals surface area (Å²) in [5.74, 6) is -0.772. The molecule has 2 aromatic rings. The summed E-state index contributed by atoms with van der Waals surface area (Å²) >= 11 is 5.79. The van der Waals surface area contributed by atoms with Crippen molar-refractivity contribution < 1.29 is 13.9 Å². The Labute approximate surface area is 144 Å². The van der Waals surface area contributed by atoms with Crippen molar-refractivity contribution in [2.24, 2.45) is 0 Å². The van der Waals surface area contributed by atoms with Crippen LogP contribution in [0.2, 0.25) is 5.28 Å². The Kier molecular flexibility index (Phi) is 4.27. The fourth-order valence-corrected chi connectivity index (χ4v) is 3.26. The van der Waals surface area contributed by atoms with Gasteiger partial charge in [-0.2, -0.15) is 0 Å². The molecule has 0 saturated carbocycles. The van der Waals surface area contributed by atoms with Crippen LogP contribution < -0.4 is 5.32 Å². The first-order valence-corrected chi connectivity index (χ1v) is 7.88. The molecule has 0 radical (unpaired) electrons. The number of fused-ring (bicyclic) bond motifs is 1. The van der Waals surface area contributed by atoms with Crippen LogP contribution in [0.1, 0.15) is 35.3 Å². The molecule has 0 spiro atoms. The van der Waals surface area contributed by atoms with Crippen molar-refractivity contribution in [3.63, 3.8) is 0 Å². The summed E-state index contributed by atoms with van der Waals surface area (Å²) < 4.78 is 19.3. The quantitative estimate of drug-likeness (QED) is 0.861. The first-order valence-electron chi connectivity index (χ1n) is 7.50. The van der Waals surface area contributed by atoms with Gasteiger partial charge in [-0.3, -0.25) is 4.79 Å². The summed E-state index contributed by atoms with van der Waals surface area (Å²) in [7, 11) is 1.61. The van der Waals surface area contributed by atoms with Crippen LogP contribution in [-0.2, 0) is 16.7 Å². The molecule has 0 unspecified atom stereocenters. The standard InChI is InChI=1S/C17H17ClFN3O2/c1-17(2)13-9(4-5-24-3)6-10(7-11(13)15(23)22-17)14-12(19)8-20-16(18)21-14/h6-8H,4-5H2,1-3H3,(H,22,23). The molecule has 7 heteroatoms. The van der Waals surface area contributed by atoms with E-state index >= 15 is 0 Å². The van der Waals surface area contributed by atoms with Crippen LogP contribution in [0.25, 0.3) is 11.3 Å². The van der Waals surface area contributed by atoms with Crippen molar-refractivity contribution >= 4 is 17.5 Å². The molecular formula is C17H17ClFN3O2. The van der Waals surface area contributed by atoms with Gasteiger partial charge in [0.2, 0.25) is 5.28 Å². The second-order valence-electron chi connectivity index (χ2n) is 6.22. The highest BCUT2D eigenvalue weighted by atomic mass is 35.5. The van der Waals surface area contributed by atoms with Crippen LogP contribution in [0, 0.1) is 5.82 Å². The van der Waals surface area contributed by atoms with Crippen LogP contribution >= 0.6 is 11.6 Å². The molecule has 0 bridgehead atoms. The third kappa shape index (κ3) is 2.87. The molecule has 126 valence electrons. The highest BCUT2D eigenvalue weighted by Gasteiger charge is 2.37. The summed E-state index contributed by atoms with van der Waals surface area (Å²) in [6, 6.07) is 3.49. The van der Waals surface area contributed by atoms with Gasteiger partial charge in [0.05, 0.1) is 18.3 Å². The topological polar surface area (TPSA) is 64.1 Å². The summed E-state index contributed by atoms with van der Waals surface area (Å²) in [6.45, 7) is 4.37. The van der Waals surface area contributed by atoms with Crippen molar-refractivity contribution in [2.45, 2.75) is 25.8 Å². The normalized spacial score (nSPS) is 15.3. The number of hydrogen-bond donors (Lipinski definition) is 1. The third-order valence-electron chi connectivity index (χ3n) is 4.08. The molecule has 1 aromatic carbocycles. The Balaban J connectivity index is 2.22. The summed E-state index contributed by atoms with van der Waals surface area (Å²) in [5.41, 5.74) is 2.44. The van der Waals surface area contributed by atoms with Crippen LogP contribution in [0.3, 0.4) is 0 Å². The first kappa shape index (κ1) is 16.8. The molecule has 0 fully saturated rings. The maximum absolute atomic E-state index is 14.1. The maximum atomic E-state index is 14.1. The van der Waals surface area contributed by atoms with Crippen LogP contribution in [0.5, 0.6) is 0 Å². The van der Waals surface area contributed by atoms with E-state index in [0.717, 1.165) is 17.3 Å². The number of ether oxygens (including phenoxy) is 1. The molecule has 1 aliphatic rings. The molecule has 1 N–H and O–H groups in total. The molecule has 0 saturated heterocycles. The predicted octanol–water partition coefficient (Wildman–Crippen LogP) is 3.10. The molecule has 0 atom stereocenters. The van der Waals surface area contributed by atoms with Gasteiger partial charge < -0.3 is 10.1 Å². The maximum Gasteiger partial charge on any atom is 0.252 e. The van der Waals surface area contributed by atoms with Gasteiger partial charge in [-0.25, -0.2) is 14.4 Å². The van der Waals surface area contributed by atoms with Gasteiger partial charge in [-0.05, 0) is 55.1 Å². The van der Waals surface area contributed by atoms with Gasteiger partial charge in [0.15, 0.2) is 5.82 Å². The van der Waals surface area contributed by atoms with Gasteiger partial charge in [0.1, 0.15) is 5.69 Å². The third-order valence-corrected chi connectivity index (χ3v) is 4.26. The SMILES string of the molecule is COCCc1cc(-c2nc(Cl)ncc2F)cc2c1C(C)(C)NC2=O. The number of hydrogen-bond acceptors (Lipinski definition) is 4. The Hall–Kier alpha value is -2.05. The molecule has 0 aliphatic carbocycles. The monoisotopic (exact) mass is 349 g/mol. The predicted molar refractivity (Wildman–Crippen MR) is 88.5 cm³/mol. The van der Waals surface area contributed by atoms with Crippen LogP contribution in [0.4, 0.5) is 4.39 Å². The van der Waals surface area contributed by atoms with Crippen molar-refractivity contribution in [1.29, 1.82) is 0 Å². The van der Waals surface area contributed by atoms with E-state index in [1.165, 1.54) is 0 Å². The smallest absolute Gasteiger partial charge is 0.252 e. The number of amides is 1. The average Bonchev–Trinajstić information content (AvgIpc) is 2.76. The number of nitrogens with one attached hydrogen (secondary N) is 1.